The molecular weight excluding hydrogens is 346 g/mol. The molecule has 0 saturated heterocycles. The van der Waals surface area contributed by atoms with Gasteiger partial charge in [-0.25, -0.2) is 4.79 Å². The van der Waals surface area contributed by atoms with Crippen molar-refractivity contribution in [2.45, 2.75) is 46.7 Å². The molecule has 0 aliphatic carbocycles. The summed E-state index contributed by atoms with van der Waals surface area (Å²) in [7, 11) is 0. The van der Waals surface area contributed by atoms with E-state index in [-0.39, 0.29) is 22.6 Å². The van der Waals surface area contributed by atoms with Gasteiger partial charge >= 0.3 is 5.69 Å². The molecule has 1 aromatic carbocycles. The zero-order chi connectivity index (χ0) is 19.7. The van der Waals surface area contributed by atoms with Crippen molar-refractivity contribution in [3.63, 3.8) is 0 Å². The maximum Gasteiger partial charge on any atom is 0.331 e. The third-order valence-electron chi connectivity index (χ3n) is 4.61. The van der Waals surface area contributed by atoms with Gasteiger partial charge in [-0.15, -0.1) is 0 Å². The van der Waals surface area contributed by atoms with E-state index in [1.807, 2.05) is 13.8 Å². The van der Waals surface area contributed by atoms with Crippen molar-refractivity contribution < 1.29 is 9.90 Å². The molecule has 7 heteroatoms. The number of benzene rings is 1. The Balaban J connectivity index is 2.31. The number of Topliss-reactive ketones (excluding diaryl/α,β-unsaturated/α-hetero) is 1. The molecule has 0 aliphatic heterocycles. The van der Waals surface area contributed by atoms with Crippen LogP contribution >= 0.6 is 0 Å². The van der Waals surface area contributed by atoms with Crippen LogP contribution in [0.3, 0.4) is 0 Å². The highest BCUT2D eigenvalue weighted by Crippen LogP contribution is 2.34. The van der Waals surface area contributed by atoms with Crippen LogP contribution < -0.4 is 11.2 Å². The Morgan fingerprint density at radius 1 is 1.04 bits per heavy atom. The zero-order valence-corrected chi connectivity index (χ0v) is 15.7. The summed E-state index contributed by atoms with van der Waals surface area (Å²) in [6.07, 6.45) is 1.34. The van der Waals surface area contributed by atoms with E-state index in [0.717, 1.165) is 0 Å². The molecule has 2 heterocycles. The number of aromatic hydroxyl groups is 1. The third-order valence-corrected chi connectivity index (χ3v) is 4.61. The second-order valence-electron chi connectivity index (χ2n) is 6.60. The molecule has 3 aromatic rings. The van der Waals surface area contributed by atoms with E-state index in [9.17, 15) is 19.5 Å². The van der Waals surface area contributed by atoms with Crippen molar-refractivity contribution in [1.82, 2.24) is 14.1 Å². The summed E-state index contributed by atoms with van der Waals surface area (Å²) < 4.78 is 2.65. The molecule has 7 nitrogen and oxygen atoms in total. The second-order valence-corrected chi connectivity index (χ2v) is 6.60. The van der Waals surface area contributed by atoms with Crippen LogP contribution in [-0.4, -0.2) is 25.0 Å². The lowest BCUT2D eigenvalue weighted by molar-refractivity contribution is 0.101. The van der Waals surface area contributed by atoms with E-state index in [0.29, 0.717) is 42.8 Å². The lowest BCUT2D eigenvalue weighted by atomic mass is 10.1. The predicted octanol–water partition coefficient (Wildman–Crippen LogP) is 2.89. The molecule has 0 unspecified atom stereocenters. The van der Waals surface area contributed by atoms with Crippen LogP contribution in [0.25, 0.3) is 22.3 Å². The number of carbonyl (C=O) groups excluding carboxylic acids is 1. The average molecular weight is 369 g/mol. The Hall–Kier alpha value is -3.09. The molecule has 0 radical (unpaired) electrons. The molecule has 0 amide bonds. The molecule has 0 bridgehead atoms. The number of ketones is 1. The fourth-order valence-electron chi connectivity index (χ4n) is 3.29. The first-order valence-electron chi connectivity index (χ1n) is 9.10. The number of nitrogens with one attached hydrogen (secondary N) is 1. The number of fused-ring (bicyclic) bond motifs is 1. The van der Waals surface area contributed by atoms with Gasteiger partial charge in [0, 0.05) is 24.2 Å². The van der Waals surface area contributed by atoms with Crippen molar-refractivity contribution in [3.8, 4) is 17.0 Å². The Bertz CT molecular complexity index is 1120. The van der Waals surface area contributed by atoms with Crippen LogP contribution in [0.4, 0.5) is 0 Å². The van der Waals surface area contributed by atoms with Crippen molar-refractivity contribution in [3.05, 3.63) is 50.7 Å². The molecule has 0 saturated carbocycles. The number of carbonyl (C=O) groups is 1. The van der Waals surface area contributed by atoms with Crippen molar-refractivity contribution in [2.75, 3.05) is 0 Å². The fourth-order valence-corrected chi connectivity index (χ4v) is 3.29. The van der Waals surface area contributed by atoms with Gasteiger partial charge in [0.05, 0.1) is 5.69 Å². The van der Waals surface area contributed by atoms with Crippen molar-refractivity contribution in [2.24, 2.45) is 0 Å². The lowest BCUT2D eigenvalue weighted by Gasteiger charge is -2.10. The molecule has 0 aliphatic rings. The second kappa shape index (κ2) is 7.26. The molecule has 0 atom stereocenters. The maximum absolute atomic E-state index is 12.8. The lowest BCUT2D eigenvalue weighted by Crippen LogP contribution is -2.40. The molecule has 142 valence electrons. The summed E-state index contributed by atoms with van der Waals surface area (Å²) in [4.78, 5) is 40.0. The minimum atomic E-state index is -0.439. The number of aromatic nitrogens is 3. The number of H-pyrrole nitrogens is 1. The molecular formula is C20H23N3O4. The van der Waals surface area contributed by atoms with Crippen LogP contribution in [0.15, 0.2) is 33.9 Å². The minimum Gasteiger partial charge on any atom is -0.504 e. The summed E-state index contributed by atoms with van der Waals surface area (Å²) in [6, 6.07) is 6.73. The number of nitrogens with zero attached hydrogens (tertiary/aromatic N) is 2. The highest BCUT2D eigenvalue weighted by Gasteiger charge is 2.21. The Kier molecular flexibility index (Phi) is 5.03. The Labute approximate surface area is 155 Å². The number of aromatic amines is 1. The maximum atomic E-state index is 12.8. The standard InChI is InChI=1S/C20H23N3O4/c1-4-10-22-17-16(19(26)23(11-5-2)20(22)27)21-15(18(17)25)14-8-6-13(7-9-14)12(3)24/h6-9,21,25H,4-5,10-11H2,1-3H3. The van der Waals surface area contributed by atoms with Crippen molar-refractivity contribution in [1.29, 1.82) is 0 Å². The summed E-state index contributed by atoms with van der Waals surface area (Å²) in [5.74, 6) is -0.187. The fraction of sp³-hybridized carbons (Fsp3) is 0.350. The normalized spacial score (nSPS) is 11.2. The SMILES string of the molecule is CCCn1c(=O)c2[nH]c(-c3ccc(C(C)=O)cc3)c(O)c2n(CCC)c1=O. The molecule has 2 aromatic heterocycles. The van der Waals surface area contributed by atoms with E-state index < -0.39 is 11.2 Å². The summed E-state index contributed by atoms with van der Waals surface area (Å²) in [5.41, 5.74) is 1.13. The molecule has 27 heavy (non-hydrogen) atoms. The summed E-state index contributed by atoms with van der Waals surface area (Å²) >= 11 is 0. The van der Waals surface area contributed by atoms with E-state index in [1.54, 1.807) is 24.3 Å². The van der Waals surface area contributed by atoms with E-state index in [2.05, 4.69) is 4.98 Å². The van der Waals surface area contributed by atoms with Gasteiger partial charge in [-0.05, 0) is 19.8 Å². The zero-order valence-electron chi connectivity index (χ0n) is 15.7. The number of aryl methyl sites for hydroxylation is 1. The van der Waals surface area contributed by atoms with E-state index in [4.69, 9.17) is 0 Å². The highest BCUT2D eigenvalue weighted by molar-refractivity contribution is 5.95. The van der Waals surface area contributed by atoms with Crippen LogP contribution in [0.5, 0.6) is 5.75 Å². The van der Waals surface area contributed by atoms with E-state index in [1.165, 1.54) is 16.1 Å². The Morgan fingerprint density at radius 3 is 2.19 bits per heavy atom. The van der Waals surface area contributed by atoms with E-state index >= 15 is 0 Å². The first kappa shape index (κ1) is 18.7. The summed E-state index contributed by atoms with van der Waals surface area (Å²) in [5, 5.41) is 10.8. The number of hydrogen-bond acceptors (Lipinski definition) is 4. The van der Waals surface area contributed by atoms with Crippen LogP contribution in [-0.2, 0) is 13.1 Å². The average Bonchev–Trinajstić information content (AvgIpc) is 3.00. The number of rotatable bonds is 6. The van der Waals surface area contributed by atoms with Crippen LogP contribution in [0.1, 0.15) is 44.0 Å². The number of hydrogen-bond donors (Lipinski definition) is 2. The van der Waals surface area contributed by atoms with Gasteiger partial charge in [-0.2, -0.15) is 0 Å². The molecule has 0 fully saturated rings. The van der Waals surface area contributed by atoms with Crippen molar-refractivity contribution >= 4 is 16.8 Å². The quantitative estimate of drug-likeness (QED) is 0.653. The van der Waals surface area contributed by atoms with Gasteiger partial charge in [0.2, 0.25) is 0 Å². The highest BCUT2D eigenvalue weighted by atomic mass is 16.3. The third kappa shape index (κ3) is 3.09. The van der Waals surface area contributed by atoms with Gasteiger partial charge in [0.15, 0.2) is 11.5 Å². The largest absolute Gasteiger partial charge is 0.504 e. The van der Waals surface area contributed by atoms with Gasteiger partial charge in [0.1, 0.15) is 11.0 Å². The first-order valence-corrected chi connectivity index (χ1v) is 9.10. The first-order chi connectivity index (χ1) is 12.9. The molecule has 2 N–H and O–H groups in total. The molecule has 3 rings (SSSR count). The Morgan fingerprint density at radius 2 is 1.63 bits per heavy atom. The van der Waals surface area contributed by atoms with Gasteiger partial charge < -0.3 is 10.1 Å². The summed E-state index contributed by atoms with van der Waals surface area (Å²) in [6.45, 7) is 6.02. The molecule has 0 spiro atoms. The van der Waals surface area contributed by atoms with Gasteiger partial charge in [-0.1, -0.05) is 38.1 Å². The van der Waals surface area contributed by atoms with Gasteiger partial charge in [0.25, 0.3) is 5.56 Å². The predicted molar refractivity (Wildman–Crippen MR) is 105 cm³/mol. The topological polar surface area (TPSA) is 97.1 Å². The minimum absolute atomic E-state index is 0.0540. The van der Waals surface area contributed by atoms with Crippen LogP contribution in [0.2, 0.25) is 0 Å². The van der Waals surface area contributed by atoms with Crippen LogP contribution in [0, 0.1) is 0 Å². The monoisotopic (exact) mass is 369 g/mol. The van der Waals surface area contributed by atoms with Gasteiger partial charge in [-0.3, -0.25) is 18.7 Å². The smallest absolute Gasteiger partial charge is 0.331 e.